The van der Waals surface area contributed by atoms with Crippen LogP contribution in [-0.4, -0.2) is 38.0 Å². The zero-order valence-corrected chi connectivity index (χ0v) is 28.2. The van der Waals surface area contributed by atoms with Crippen LogP contribution in [0.1, 0.15) is 37.1 Å². The molecule has 0 aliphatic heterocycles. The van der Waals surface area contributed by atoms with Crippen LogP contribution in [0.5, 0.6) is 0 Å². The Hall–Kier alpha value is 0.264. The Bertz CT molecular complexity index is 701. The van der Waals surface area contributed by atoms with E-state index >= 15 is 0 Å². The minimum atomic E-state index is 0. The zero-order valence-electron chi connectivity index (χ0n) is 21.4. The summed E-state index contributed by atoms with van der Waals surface area (Å²) in [5, 5.41) is 0. The standard InChI is InChI=1S/2C9H13N.2C5H5.2ClH.2Fe.2Pd/c2*1-8(10(2)3)9-6-4-5-7-9;2*1-2-4-5-3-1;;;;;;/h2*4-6,8H,1-3H3;2*1-5H;2*1H;;;;/q2*-2;2*-1;;;4*+2/p-2/t2*8-;;;;;;;;/m11......../s1. The Labute approximate surface area is 271 Å². The molecule has 0 spiro atoms. The molecule has 0 bridgehead atoms. The molecule has 0 N–H and O–H groups in total. The topological polar surface area (TPSA) is 6.48 Å². The largest absolute Gasteiger partial charge is 2.00 e. The van der Waals surface area contributed by atoms with E-state index < -0.39 is 0 Å². The summed E-state index contributed by atoms with van der Waals surface area (Å²) < 4.78 is 0. The van der Waals surface area contributed by atoms with Gasteiger partial charge in [0.05, 0.1) is 0 Å². The van der Waals surface area contributed by atoms with Gasteiger partial charge in [0.25, 0.3) is 0 Å². The Morgan fingerprint density at radius 1 is 0.611 bits per heavy atom. The first-order valence-electron chi connectivity index (χ1n) is 10.6. The fourth-order valence-electron chi connectivity index (χ4n) is 2.41. The van der Waals surface area contributed by atoms with Crippen molar-refractivity contribution >= 4 is 19.1 Å². The summed E-state index contributed by atoms with van der Waals surface area (Å²) in [5.74, 6) is 0. The Morgan fingerprint density at radius 2 is 0.889 bits per heavy atom. The van der Waals surface area contributed by atoms with Crippen molar-refractivity contribution in [2.45, 2.75) is 25.9 Å². The minimum absolute atomic E-state index is 0. The van der Waals surface area contributed by atoms with Gasteiger partial charge in [0.15, 0.2) is 0 Å². The number of hydrogen-bond donors (Lipinski definition) is 0. The van der Waals surface area contributed by atoms with E-state index in [1.165, 1.54) is 11.1 Å². The molecule has 0 aliphatic carbocycles. The van der Waals surface area contributed by atoms with Crippen LogP contribution in [0.25, 0.3) is 0 Å². The van der Waals surface area contributed by atoms with Gasteiger partial charge in [-0.15, -0.1) is 0 Å². The van der Waals surface area contributed by atoms with E-state index in [0.717, 1.165) is 0 Å². The van der Waals surface area contributed by atoms with Crippen molar-refractivity contribution in [3.05, 3.63) is 120 Å². The molecule has 0 aliphatic rings. The van der Waals surface area contributed by atoms with Gasteiger partial charge in [0.2, 0.25) is 0 Å². The van der Waals surface area contributed by atoms with Crippen LogP contribution in [0.15, 0.2) is 97.1 Å². The first-order chi connectivity index (χ1) is 16.4. The second-order valence-electron chi connectivity index (χ2n) is 7.45. The van der Waals surface area contributed by atoms with Gasteiger partial charge < -0.3 is 58.3 Å². The quantitative estimate of drug-likeness (QED) is 0.154. The fraction of sp³-hybridized carbons (Fsp3) is 0.286. The first kappa shape index (κ1) is 43.3. The molecule has 0 aromatic heterocycles. The molecule has 4 rings (SSSR count). The van der Waals surface area contributed by atoms with E-state index in [4.69, 9.17) is 0 Å². The predicted molar refractivity (Wildman–Crippen MR) is 142 cm³/mol. The van der Waals surface area contributed by atoms with E-state index in [2.05, 4.69) is 132 Å². The zero-order chi connectivity index (χ0) is 26.2. The molecule has 4 aromatic rings. The van der Waals surface area contributed by atoms with E-state index in [-0.39, 0.29) is 34.1 Å². The normalized spacial score (nSPS) is 10.4. The van der Waals surface area contributed by atoms with E-state index in [0.29, 0.717) is 12.1 Å². The number of halogens is 2. The van der Waals surface area contributed by atoms with Gasteiger partial charge in [-0.1, -0.05) is 0 Å². The molecule has 4 aromatic carbocycles. The first-order valence-corrected chi connectivity index (χ1v) is 14.6. The summed E-state index contributed by atoms with van der Waals surface area (Å²) in [6.45, 7) is 4.34. The van der Waals surface area contributed by atoms with Crippen LogP contribution in [0.3, 0.4) is 0 Å². The average molecular weight is 796 g/mol. The molecule has 0 radical (unpaired) electrons. The van der Waals surface area contributed by atoms with Crippen molar-refractivity contribution < 1.29 is 70.5 Å². The van der Waals surface area contributed by atoms with Gasteiger partial charge in [-0.05, 0) is 54.1 Å². The van der Waals surface area contributed by atoms with Crippen molar-refractivity contribution in [1.29, 1.82) is 0 Å². The summed E-state index contributed by atoms with van der Waals surface area (Å²) in [4.78, 5) is 4.34. The smallest absolute Gasteiger partial charge is 0.214 e. The molecule has 208 valence electrons. The van der Waals surface area contributed by atoms with Crippen LogP contribution in [0, 0.1) is 12.1 Å². The third kappa shape index (κ3) is 23.4. The van der Waals surface area contributed by atoms with Crippen molar-refractivity contribution in [3.8, 4) is 0 Å². The van der Waals surface area contributed by atoms with Crippen LogP contribution >= 0.6 is 19.1 Å². The molecule has 2 atom stereocenters. The van der Waals surface area contributed by atoms with Gasteiger partial charge in [0.1, 0.15) is 0 Å². The molecule has 0 saturated heterocycles. The fourth-order valence-corrected chi connectivity index (χ4v) is 2.41. The molecule has 2 nitrogen and oxygen atoms in total. The molecular weight excluding hydrogens is 760 g/mol. The Kier molecular flexibility index (Phi) is 37.9. The van der Waals surface area contributed by atoms with Gasteiger partial charge in [-0.3, -0.25) is 11.1 Å². The summed E-state index contributed by atoms with van der Waals surface area (Å²) in [5.41, 5.74) is 2.54. The molecule has 0 saturated carbocycles. The molecule has 0 amide bonds. The molecule has 0 heterocycles. The summed E-state index contributed by atoms with van der Waals surface area (Å²) in [7, 11) is 17.3. The SMILES string of the molecule is C[C@H](c1[c-]cc[cH-]1)N(C)C.C[C@H](c1[c-]cc[cH-]1)N(C)C.[Cl][Pd+].[Cl][Pd+].[Fe+2].[Fe+2].c1cc[cH-]c1.c1cc[cH-]c1. The van der Waals surface area contributed by atoms with E-state index in [9.17, 15) is 0 Å². The number of hydrogen-bond acceptors (Lipinski definition) is 2. The third-order valence-electron chi connectivity index (χ3n) is 4.80. The van der Waals surface area contributed by atoms with E-state index in [1.54, 1.807) is 0 Å². The van der Waals surface area contributed by atoms with Crippen LogP contribution in [0.2, 0.25) is 0 Å². The number of nitrogens with zero attached hydrogens (tertiary/aromatic N) is 2. The predicted octanol–water partition coefficient (Wildman–Crippen LogP) is 7.84. The van der Waals surface area contributed by atoms with Gasteiger partial charge in [-0.25, -0.2) is 24.3 Å². The Balaban J connectivity index is -0.000000184. The molecule has 0 unspecified atom stereocenters. The second-order valence-corrected chi connectivity index (χ2v) is 7.45. The summed E-state index contributed by atoms with van der Waals surface area (Å²) in [6, 6.07) is 39.5. The maximum absolute atomic E-state index is 4.49. The van der Waals surface area contributed by atoms with Crippen molar-refractivity contribution in [3.63, 3.8) is 0 Å². The van der Waals surface area contributed by atoms with Crippen LogP contribution < -0.4 is 0 Å². The average Bonchev–Trinajstić information content (AvgIpc) is 3.69. The molecular formula is C28H36Cl2Fe2N2Pd2. The summed E-state index contributed by atoms with van der Waals surface area (Å²) >= 11 is 4.44. The summed E-state index contributed by atoms with van der Waals surface area (Å²) in [6.07, 6.45) is 0. The molecule has 36 heavy (non-hydrogen) atoms. The van der Waals surface area contributed by atoms with Crippen molar-refractivity contribution in [1.82, 2.24) is 9.80 Å². The number of rotatable bonds is 4. The minimum Gasteiger partial charge on any atom is -0.214 e. The Morgan fingerprint density at radius 3 is 1.03 bits per heavy atom. The van der Waals surface area contributed by atoms with Gasteiger partial charge in [-0.2, -0.15) is 36.4 Å². The van der Waals surface area contributed by atoms with Crippen molar-refractivity contribution in [2.75, 3.05) is 28.2 Å². The molecule has 0 fully saturated rings. The van der Waals surface area contributed by atoms with Gasteiger partial charge >= 0.3 is 89.6 Å². The second kappa shape index (κ2) is 31.5. The maximum Gasteiger partial charge on any atom is 2.00 e. The van der Waals surface area contributed by atoms with Crippen LogP contribution in [0.4, 0.5) is 0 Å². The maximum atomic E-state index is 4.49. The van der Waals surface area contributed by atoms with Crippen LogP contribution in [-0.2, 0) is 70.5 Å². The van der Waals surface area contributed by atoms with Crippen molar-refractivity contribution in [2.24, 2.45) is 0 Å². The molecule has 8 heteroatoms. The van der Waals surface area contributed by atoms with E-state index in [1.807, 2.05) is 84.9 Å². The monoisotopic (exact) mass is 794 g/mol. The van der Waals surface area contributed by atoms with Gasteiger partial charge in [0, 0.05) is 0 Å². The third-order valence-corrected chi connectivity index (χ3v) is 4.80.